The zero-order valence-corrected chi connectivity index (χ0v) is 14.1. The van der Waals surface area contributed by atoms with E-state index in [1.54, 1.807) is 22.7 Å². The Morgan fingerprint density at radius 2 is 2.10 bits per heavy atom. The third-order valence-corrected chi connectivity index (χ3v) is 6.32. The first-order chi connectivity index (χ1) is 10.1. The minimum absolute atomic E-state index is 0.404. The maximum atomic E-state index is 6.21. The topological polar surface area (TPSA) is 77.8 Å². The lowest BCUT2D eigenvalue weighted by atomic mass is 9.77. The van der Waals surface area contributed by atoms with Crippen molar-refractivity contribution < 1.29 is 4.52 Å². The molecule has 1 aliphatic carbocycles. The Bertz CT molecular complexity index is 790. The molecule has 1 saturated carbocycles. The van der Waals surface area contributed by atoms with Gasteiger partial charge < -0.3 is 10.3 Å². The first-order valence-corrected chi connectivity index (χ1v) is 9.03. The maximum absolute atomic E-state index is 6.21. The molecule has 3 aromatic heterocycles. The molecule has 4 rings (SSSR count). The molecule has 1 fully saturated rings. The molecule has 0 amide bonds. The summed E-state index contributed by atoms with van der Waals surface area (Å²) in [5.74, 6) is 1.04. The van der Waals surface area contributed by atoms with Gasteiger partial charge in [0.1, 0.15) is 10.7 Å². The fraction of sp³-hybridized carbons (Fsp3) is 0.308. The van der Waals surface area contributed by atoms with Gasteiger partial charge in [0.05, 0.1) is 10.4 Å². The maximum Gasteiger partial charge on any atom is 0.277 e. The molecule has 0 saturated heterocycles. The van der Waals surface area contributed by atoms with Crippen molar-refractivity contribution in [2.45, 2.75) is 24.8 Å². The standard InChI is InChI=1S/C13H11BrN4OS2/c14-7-4-9(20-5-7)11-16-8(6-21-11)10-17-12(18-19-10)13(15)2-1-3-13/h4-6H,1-3,15H2. The average Bonchev–Trinajstić information content (AvgIpc) is 3.14. The van der Waals surface area contributed by atoms with Crippen molar-refractivity contribution in [3.63, 3.8) is 0 Å². The van der Waals surface area contributed by atoms with Crippen molar-refractivity contribution in [3.05, 3.63) is 27.1 Å². The van der Waals surface area contributed by atoms with Crippen LogP contribution in [0, 0.1) is 0 Å². The molecular weight excluding hydrogens is 372 g/mol. The highest BCUT2D eigenvalue weighted by molar-refractivity contribution is 9.10. The average molecular weight is 383 g/mol. The largest absolute Gasteiger partial charge is 0.332 e. The minimum atomic E-state index is -0.404. The van der Waals surface area contributed by atoms with Gasteiger partial charge in [-0.1, -0.05) is 5.16 Å². The Kier molecular flexibility index (Phi) is 3.21. The van der Waals surface area contributed by atoms with Crippen LogP contribution in [0.25, 0.3) is 21.5 Å². The molecule has 8 heteroatoms. The van der Waals surface area contributed by atoms with Crippen molar-refractivity contribution >= 4 is 38.6 Å². The van der Waals surface area contributed by atoms with Crippen LogP contribution in [-0.2, 0) is 5.54 Å². The van der Waals surface area contributed by atoms with E-state index in [0.29, 0.717) is 17.4 Å². The first-order valence-electron chi connectivity index (χ1n) is 6.47. The van der Waals surface area contributed by atoms with E-state index in [1.807, 2.05) is 10.8 Å². The Hall–Kier alpha value is -1.09. The molecule has 0 unspecified atom stereocenters. The van der Waals surface area contributed by atoms with Crippen LogP contribution in [0.1, 0.15) is 25.1 Å². The molecule has 108 valence electrons. The predicted octanol–water partition coefficient (Wildman–Crippen LogP) is 4.02. The quantitative estimate of drug-likeness (QED) is 0.739. The Labute approximate surface area is 137 Å². The number of hydrogen-bond donors (Lipinski definition) is 1. The van der Waals surface area contributed by atoms with E-state index in [1.165, 1.54) is 0 Å². The summed E-state index contributed by atoms with van der Waals surface area (Å²) >= 11 is 6.67. The Morgan fingerprint density at radius 1 is 1.24 bits per heavy atom. The highest BCUT2D eigenvalue weighted by Crippen LogP contribution is 2.38. The molecule has 0 aliphatic heterocycles. The molecule has 5 nitrogen and oxygen atoms in total. The van der Waals surface area contributed by atoms with Crippen molar-refractivity contribution in [1.82, 2.24) is 15.1 Å². The monoisotopic (exact) mass is 382 g/mol. The summed E-state index contributed by atoms with van der Waals surface area (Å²) in [4.78, 5) is 10.1. The third-order valence-electron chi connectivity index (χ3n) is 3.62. The van der Waals surface area contributed by atoms with Crippen LogP contribution in [-0.4, -0.2) is 15.1 Å². The number of aromatic nitrogens is 3. The fourth-order valence-corrected chi connectivity index (χ4v) is 4.52. The first kappa shape index (κ1) is 13.6. The summed E-state index contributed by atoms with van der Waals surface area (Å²) in [5, 5.41) is 8.94. The molecular formula is C13H11BrN4OS2. The molecule has 3 heterocycles. The van der Waals surface area contributed by atoms with Crippen LogP contribution in [0.3, 0.4) is 0 Å². The normalized spacial score (nSPS) is 16.9. The lowest BCUT2D eigenvalue weighted by Gasteiger charge is -2.34. The van der Waals surface area contributed by atoms with Crippen LogP contribution < -0.4 is 5.73 Å². The lowest BCUT2D eigenvalue weighted by Crippen LogP contribution is -2.44. The number of nitrogens with zero attached hydrogens (tertiary/aromatic N) is 3. The van der Waals surface area contributed by atoms with Gasteiger partial charge in [0.25, 0.3) is 5.89 Å². The Morgan fingerprint density at radius 3 is 2.76 bits per heavy atom. The van der Waals surface area contributed by atoms with Crippen LogP contribution in [0.15, 0.2) is 25.8 Å². The molecule has 0 atom stereocenters. The van der Waals surface area contributed by atoms with Gasteiger partial charge >= 0.3 is 0 Å². The highest BCUT2D eigenvalue weighted by Gasteiger charge is 2.39. The summed E-state index contributed by atoms with van der Waals surface area (Å²) in [5.41, 5.74) is 6.51. The number of thiophene rings is 1. The summed E-state index contributed by atoms with van der Waals surface area (Å²) in [7, 11) is 0. The predicted molar refractivity (Wildman–Crippen MR) is 86.1 cm³/mol. The molecule has 0 aromatic carbocycles. The number of rotatable bonds is 3. The van der Waals surface area contributed by atoms with Gasteiger partial charge in [0, 0.05) is 15.2 Å². The fourth-order valence-electron chi connectivity index (χ4n) is 2.22. The molecule has 0 radical (unpaired) electrons. The van der Waals surface area contributed by atoms with Gasteiger partial charge in [-0.2, -0.15) is 4.98 Å². The number of nitrogens with two attached hydrogens (primary N) is 1. The van der Waals surface area contributed by atoms with E-state index in [2.05, 4.69) is 37.1 Å². The van der Waals surface area contributed by atoms with Crippen LogP contribution in [0.5, 0.6) is 0 Å². The van der Waals surface area contributed by atoms with Crippen molar-refractivity contribution in [2.75, 3.05) is 0 Å². The Balaban J connectivity index is 1.64. The van der Waals surface area contributed by atoms with Gasteiger partial charge in [-0.05, 0) is 41.3 Å². The van der Waals surface area contributed by atoms with E-state index in [4.69, 9.17) is 10.3 Å². The molecule has 0 bridgehead atoms. The van der Waals surface area contributed by atoms with Gasteiger partial charge in [0.15, 0.2) is 5.82 Å². The highest BCUT2D eigenvalue weighted by atomic mass is 79.9. The van der Waals surface area contributed by atoms with Gasteiger partial charge in [-0.25, -0.2) is 4.98 Å². The van der Waals surface area contributed by atoms with Crippen molar-refractivity contribution in [1.29, 1.82) is 0 Å². The van der Waals surface area contributed by atoms with Crippen molar-refractivity contribution in [2.24, 2.45) is 5.73 Å². The zero-order valence-electron chi connectivity index (χ0n) is 10.9. The smallest absolute Gasteiger partial charge is 0.277 e. The lowest BCUT2D eigenvalue weighted by molar-refractivity contribution is 0.229. The molecule has 21 heavy (non-hydrogen) atoms. The third kappa shape index (κ3) is 2.36. The number of thiazole rings is 1. The minimum Gasteiger partial charge on any atom is -0.332 e. The molecule has 0 spiro atoms. The summed E-state index contributed by atoms with van der Waals surface area (Å²) in [6.45, 7) is 0. The zero-order chi connectivity index (χ0) is 14.4. The van der Waals surface area contributed by atoms with E-state index >= 15 is 0 Å². The van der Waals surface area contributed by atoms with Gasteiger partial charge in [0.2, 0.25) is 0 Å². The SMILES string of the molecule is NC1(c2noc(-c3csc(-c4cc(Br)cs4)n3)n2)CCC1. The van der Waals surface area contributed by atoms with Crippen LogP contribution in [0.4, 0.5) is 0 Å². The second-order valence-electron chi connectivity index (χ2n) is 5.10. The van der Waals surface area contributed by atoms with Gasteiger partial charge in [-0.15, -0.1) is 22.7 Å². The van der Waals surface area contributed by atoms with E-state index in [-0.39, 0.29) is 0 Å². The van der Waals surface area contributed by atoms with E-state index in [9.17, 15) is 0 Å². The van der Waals surface area contributed by atoms with Gasteiger partial charge in [-0.3, -0.25) is 0 Å². The second-order valence-corrected chi connectivity index (χ2v) is 7.78. The van der Waals surface area contributed by atoms with Crippen LogP contribution in [0.2, 0.25) is 0 Å². The second kappa shape index (κ2) is 4.98. The number of hydrogen-bond acceptors (Lipinski definition) is 7. The van der Waals surface area contributed by atoms with E-state index in [0.717, 1.165) is 33.6 Å². The van der Waals surface area contributed by atoms with Crippen LogP contribution >= 0.6 is 38.6 Å². The molecule has 2 N–H and O–H groups in total. The summed E-state index contributed by atoms with van der Waals surface area (Å²) in [6.07, 6.45) is 2.95. The molecule has 1 aliphatic rings. The number of halogens is 1. The van der Waals surface area contributed by atoms with Crippen molar-refractivity contribution in [3.8, 4) is 21.5 Å². The molecule has 3 aromatic rings. The summed E-state index contributed by atoms with van der Waals surface area (Å²) in [6, 6.07) is 2.05. The summed E-state index contributed by atoms with van der Waals surface area (Å²) < 4.78 is 6.39. The van der Waals surface area contributed by atoms with E-state index < -0.39 is 5.54 Å².